The summed E-state index contributed by atoms with van der Waals surface area (Å²) in [6.45, 7) is 0.815. The Kier molecular flexibility index (Phi) is 4.54. The van der Waals surface area contributed by atoms with Crippen LogP contribution in [0.4, 0.5) is 0 Å². The average Bonchev–Trinajstić information content (AvgIpc) is 2.27. The second-order valence-electron chi connectivity index (χ2n) is 4.74. The van der Waals surface area contributed by atoms with Crippen LogP contribution in [0.2, 0.25) is 0 Å². The molecule has 2 rings (SSSR count). The lowest BCUT2D eigenvalue weighted by Gasteiger charge is -2.23. The van der Waals surface area contributed by atoms with Crippen molar-refractivity contribution in [3.63, 3.8) is 0 Å². The summed E-state index contributed by atoms with van der Waals surface area (Å²) >= 11 is 0. The molecule has 0 aromatic carbocycles. The molecular formula is C14H20N2O. The topological polar surface area (TPSA) is 42.0 Å². The minimum absolute atomic E-state index is 0.262. The van der Waals surface area contributed by atoms with Gasteiger partial charge < -0.3 is 5.32 Å². The summed E-state index contributed by atoms with van der Waals surface area (Å²) in [5, 5.41) is 3.02. The number of nitrogens with one attached hydrogen (secondary N) is 1. The number of carbonyl (C=O) groups is 1. The van der Waals surface area contributed by atoms with Crippen LogP contribution < -0.4 is 5.32 Å². The van der Waals surface area contributed by atoms with Crippen molar-refractivity contribution in [2.45, 2.75) is 38.5 Å². The quantitative estimate of drug-likeness (QED) is 0.765. The summed E-state index contributed by atoms with van der Waals surface area (Å²) in [6, 6.07) is 4.06. The van der Waals surface area contributed by atoms with Gasteiger partial charge in [0.15, 0.2) is 0 Å². The highest BCUT2D eigenvalue weighted by Gasteiger charge is 2.24. The number of hydrogen-bond acceptors (Lipinski definition) is 2. The van der Waals surface area contributed by atoms with E-state index in [0.29, 0.717) is 5.92 Å². The zero-order valence-corrected chi connectivity index (χ0v) is 10.2. The highest BCUT2D eigenvalue weighted by molar-refractivity contribution is 5.79. The number of hydrogen-bond donors (Lipinski definition) is 1. The molecule has 0 saturated heterocycles. The lowest BCUT2D eigenvalue weighted by Crippen LogP contribution is -2.34. The molecule has 0 spiro atoms. The monoisotopic (exact) mass is 232 g/mol. The molecule has 3 nitrogen and oxygen atoms in total. The molecule has 92 valence electrons. The first-order chi connectivity index (χ1) is 8.36. The van der Waals surface area contributed by atoms with Crippen molar-refractivity contribution in [1.82, 2.24) is 10.3 Å². The highest BCUT2D eigenvalue weighted by Crippen LogP contribution is 2.26. The predicted molar refractivity (Wildman–Crippen MR) is 67.5 cm³/mol. The van der Waals surface area contributed by atoms with E-state index in [1.807, 2.05) is 12.3 Å². The van der Waals surface area contributed by atoms with Gasteiger partial charge in [0.1, 0.15) is 0 Å². The molecule has 1 aliphatic carbocycles. The van der Waals surface area contributed by atoms with E-state index in [4.69, 9.17) is 0 Å². The van der Waals surface area contributed by atoms with Crippen molar-refractivity contribution in [1.29, 1.82) is 0 Å². The summed E-state index contributed by atoms with van der Waals surface area (Å²) in [4.78, 5) is 15.6. The van der Waals surface area contributed by atoms with Crippen LogP contribution in [0, 0.1) is 5.92 Å². The molecule has 1 saturated carbocycles. The second-order valence-corrected chi connectivity index (χ2v) is 4.74. The molecular weight excluding hydrogens is 212 g/mol. The molecule has 3 heteroatoms. The van der Waals surface area contributed by atoms with E-state index < -0.39 is 0 Å². The maximum absolute atomic E-state index is 11.5. The fraction of sp³-hybridized carbons (Fsp3) is 0.571. The van der Waals surface area contributed by atoms with Crippen molar-refractivity contribution >= 4 is 5.91 Å². The lowest BCUT2D eigenvalue weighted by atomic mass is 9.85. The summed E-state index contributed by atoms with van der Waals surface area (Å²) in [5.74, 6) is 0.575. The third kappa shape index (κ3) is 3.84. The van der Waals surface area contributed by atoms with Gasteiger partial charge in [-0.3, -0.25) is 9.78 Å². The van der Waals surface area contributed by atoms with E-state index >= 15 is 0 Å². The van der Waals surface area contributed by atoms with Crippen molar-refractivity contribution in [3.05, 3.63) is 30.1 Å². The minimum atomic E-state index is 0.262. The predicted octanol–water partition coefficient (Wildman–Crippen LogP) is 2.32. The molecule has 0 unspecified atom stereocenters. The van der Waals surface area contributed by atoms with E-state index in [2.05, 4.69) is 16.4 Å². The van der Waals surface area contributed by atoms with Gasteiger partial charge in [-0.1, -0.05) is 12.5 Å². The van der Waals surface area contributed by atoms with Crippen molar-refractivity contribution in [2.75, 3.05) is 6.54 Å². The molecule has 0 aliphatic heterocycles. The zero-order chi connectivity index (χ0) is 11.9. The fourth-order valence-corrected chi connectivity index (χ4v) is 2.03. The molecule has 1 aliphatic rings. The molecule has 1 heterocycles. The van der Waals surface area contributed by atoms with Crippen LogP contribution >= 0.6 is 0 Å². The molecule has 1 aromatic heterocycles. The number of aromatic nitrogens is 1. The average molecular weight is 232 g/mol. The number of carbonyl (C=O) groups excluding carboxylic acids is 1. The highest BCUT2D eigenvalue weighted by atomic mass is 16.1. The summed E-state index contributed by atoms with van der Waals surface area (Å²) in [5.41, 5.74) is 1.28. The maximum atomic E-state index is 11.5. The van der Waals surface area contributed by atoms with Gasteiger partial charge in [-0.25, -0.2) is 0 Å². The Hall–Kier alpha value is -1.38. The molecule has 0 bridgehead atoms. The first kappa shape index (κ1) is 12.1. The number of rotatable bonds is 6. The van der Waals surface area contributed by atoms with Crippen molar-refractivity contribution < 1.29 is 4.79 Å². The van der Waals surface area contributed by atoms with Crippen LogP contribution in [-0.4, -0.2) is 17.4 Å². The van der Waals surface area contributed by atoms with Gasteiger partial charge in [0.25, 0.3) is 0 Å². The molecule has 1 aromatic rings. The second kappa shape index (κ2) is 6.38. The maximum Gasteiger partial charge on any atom is 0.223 e. The normalized spacial score (nSPS) is 15.3. The van der Waals surface area contributed by atoms with Gasteiger partial charge in [0, 0.05) is 24.9 Å². The molecule has 0 atom stereocenters. The molecule has 17 heavy (non-hydrogen) atoms. The SMILES string of the molecule is O=C(NCCCCc1cccnc1)C1CCC1. The Morgan fingerprint density at radius 1 is 1.41 bits per heavy atom. The Balaban J connectivity index is 1.53. The Labute approximate surface area is 103 Å². The van der Waals surface area contributed by atoms with Gasteiger partial charge in [0.2, 0.25) is 5.91 Å². The standard InChI is InChI=1S/C14H20N2O/c17-14(13-7-3-8-13)16-10-2-1-5-12-6-4-9-15-11-12/h4,6,9,11,13H,1-3,5,7-8,10H2,(H,16,17). The van der Waals surface area contributed by atoms with Crippen LogP contribution in [-0.2, 0) is 11.2 Å². The van der Waals surface area contributed by atoms with Gasteiger partial charge >= 0.3 is 0 Å². The third-order valence-corrected chi connectivity index (χ3v) is 3.39. The van der Waals surface area contributed by atoms with Crippen LogP contribution in [0.5, 0.6) is 0 Å². The van der Waals surface area contributed by atoms with Gasteiger partial charge in [-0.15, -0.1) is 0 Å². The van der Waals surface area contributed by atoms with E-state index in [1.165, 1.54) is 12.0 Å². The van der Waals surface area contributed by atoms with Crippen molar-refractivity contribution in [2.24, 2.45) is 5.92 Å². The van der Waals surface area contributed by atoms with E-state index in [1.54, 1.807) is 6.20 Å². The Bertz CT molecular complexity index is 346. The van der Waals surface area contributed by atoms with E-state index in [9.17, 15) is 4.79 Å². The van der Waals surface area contributed by atoms with E-state index in [0.717, 1.165) is 38.6 Å². The zero-order valence-electron chi connectivity index (χ0n) is 10.2. The molecule has 1 amide bonds. The largest absolute Gasteiger partial charge is 0.356 e. The number of nitrogens with zero attached hydrogens (tertiary/aromatic N) is 1. The summed E-state index contributed by atoms with van der Waals surface area (Å²) in [7, 11) is 0. The Morgan fingerprint density at radius 2 is 2.29 bits per heavy atom. The van der Waals surface area contributed by atoms with Gasteiger partial charge in [-0.2, -0.15) is 0 Å². The number of aryl methyl sites for hydroxylation is 1. The molecule has 1 N–H and O–H groups in total. The summed E-state index contributed by atoms with van der Waals surface area (Å²) < 4.78 is 0. The van der Waals surface area contributed by atoms with Crippen molar-refractivity contribution in [3.8, 4) is 0 Å². The van der Waals surface area contributed by atoms with Crippen LogP contribution in [0.15, 0.2) is 24.5 Å². The van der Waals surface area contributed by atoms with E-state index in [-0.39, 0.29) is 5.91 Å². The first-order valence-electron chi connectivity index (χ1n) is 6.53. The van der Waals surface area contributed by atoms with Gasteiger partial charge in [0.05, 0.1) is 0 Å². The lowest BCUT2D eigenvalue weighted by molar-refractivity contribution is -0.127. The smallest absolute Gasteiger partial charge is 0.223 e. The van der Waals surface area contributed by atoms with Crippen LogP contribution in [0.25, 0.3) is 0 Å². The van der Waals surface area contributed by atoms with Gasteiger partial charge in [-0.05, 0) is 43.7 Å². The Morgan fingerprint density at radius 3 is 2.94 bits per heavy atom. The first-order valence-corrected chi connectivity index (χ1v) is 6.53. The number of amides is 1. The fourth-order valence-electron chi connectivity index (χ4n) is 2.03. The number of pyridine rings is 1. The minimum Gasteiger partial charge on any atom is -0.356 e. The van der Waals surface area contributed by atoms with Crippen LogP contribution in [0.3, 0.4) is 0 Å². The number of unbranched alkanes of at least 4 members (excludes halogenated alkanes) is 1. The molecule has 1 fully saturated rings. The third-order valence-electron chi connectivity index (χ3n) is 3.39. The molecule has 0 radical (unpaired) electrons. The summed E-state index contributed by atoms with van der Waals surface area (Å²) in [6.07, 6.45) is 10.3. The van der Waals surface area contributed by atoms with Crippen LogP contribution in [0.1, 0.15) is 37.7 Å².